The number of nitrogens with one attached hydrogen (secondary N) is 2. The quantitative estimate of drug-likeness (QED) is 0.281. The topological polar surface area (TPSA) is 108 Å². The van der Waals surface area contributed by atoms with Gasteiger partial charge in [0.15, 0.2) is 0 Å². The van der Waals surface area contributed by atoms with Crippen LogP contribution >= 0.6 is 0 Å². The molecule has 3 N–H and O–H groups in total. The van der Waals surface area contributed by atoms with Crippen molar-refractivity contribution in [1.82, 2.24) is 15.5 Å². The molecule has 0 aliphatic heterocycles. The molecule has 0 saturated heterocycles. The van der Waals surface area contributed by atoms with Crippen LogP contribution in [0.4, 0.5) is 4.79 Å². The first-order valence-electron chi connectivity index (χ1n) is 14.8. The largest absolute Gasteiger partial charge is 0.508 e. The maximum atomic E-state index is 14.6. The second-order valence-corrected chi connectivity index (χ2v) is 12.6. The Morgan fingerprint density at radius 3 is 2.12 bits per heavy atom. The molecule has 3 amide bonds. The van der Waals surface area contributed by atoms with Crippen LogP contribution in [0, 0.1) is 19.8 Å². The smallest absolute Gasteiger partial charge is 0.408 e. The zero-order valence-electron chi connectivity index (χ0n) is 25.9. The lowest BCUT2D eigenvalue weighted by molar-refractivity contribution is -0.143. The number of hydrogen-bond donors (Lipinski definition) is 3. The number of rotatable bonds is 10. The summed E-state index contributed by atoms with van der Waals surface area (Å²) in [7, 11) is 0. The van der Waals surface area contributed by atoms with Gasteiger partial charge < -0.3 is 25.4 Å². The molecule has 3 aromatic carbocycles. The fourth-order valence-corrected chi connectivity index (χ4v) is 5.36. The molecule has 0 spiro atoms. The average Bonchev–Trinajstić information content (AvgIpc) is 3.65. The van der Waals surface area contributed by atoms with E-state index in [1.165, 1.54) is 0 Å². The van der Waals surface area contributed by atoms with E-state index in [4.69, 9.17) is 4.74 Å². The molecule has 0 bridgehead atoms. The Morgan fingerprint density at radius 2 is 1.56 bits per heavy atom. The van der Waals surface area contributed by atoms with E-state index in [1.807, 2.05) is 62.4 Å². The third-order valence-electron chi connectivity index (χ3n) is 7.44. The summed E-state index contributed by atoms with van der Waals surface area (Å²) in [4.78, 5) is 43.4. The normalized spacial score (nSPS) is 17.3. The molecule has 1 aliphatic rings. The summed E-state index contributed by atoms with van der Waals surface area (Å²) in [5, 5.41) is 15.7. The van der Waals surface area contributed by atoms with Crippen molar-refractivity contribution in [3.63, 3.8) is 0 Å². The number of carbonyl (C=O) groups excluding carboxylic acids is 3. The third kappa shape index (κ3) is 8.83. The van der Waals surface area contributed by atoms with Gasteiger partial charge in [-0.05, 0) is 75.8 Å². The number of alkyl carbamates (subject to hydrolysis) is 1. The zero-order valence-corrected chi connectivity index (χ0v) is 25.9. The summed E-state index contributed by atoms with van der Waals surface area (Å²) in [5.74, 6) is -0.366. The Hall–Kier alpha value is -4.33. The minimum atomic E-state index is -1.01. The van der Waals surface area contributed by atoms with E-state index in [1.54, 1.807) is 49.9 Å². The van der Waals surface area contributed by atoms with Crippen molar-refractivity contribution in [2.24, 2.45) is 5.92 Å². The first kappa shape index (κ1) is 31.6. The van der Waals surface area contributed by atoms with Gasteiger partial charge in [0.2, 0.25) is 11.8 Å². The van der Waals surface area contributed by atoms with Gasteiger partial charge >= 0.3 is 6.09 Å². The number of hydrogen-bond acceptors (Lipinski definition) is 5. The lowest BCUT2D eigenvalue weighted by Crippen LogP contribution is -2.54. The minimum Gasteiger partial charge on any atom is -0.508 e. The molecule has 8 heteroatoms. The van der Waals surface area contributed by atoms with Crippen LogP contribution in [0.15, 0.2) is 72.8 Å². The Morgan fingerprint density at radius 1 is 0.953 bits per heavy atom. The minimum absolute atomic E-state index is 0.102. The van der Waals surface area contributed by atoms with Crippen molar-refractivity contribution in [2.75, 3.05) is 0 Å². The Kier molecular flexibility index (Phi) is 9.79. The Balaban J connectivity index is 1.73. The molecule has 0 aromatic heterocycles. The van der Waals surface area contributed by atoms with Crippen molar-refractivity contribution in [3.8, 4) is 5.75 Å². The van der Waals surface area contributed by atoms with Crippen LogP contribution in [-0.2, 0) is 27.3 Å². The van der Waals surface area contributed by atoms with E-state index < -0.39 is 23.8 Å². The first-order chi connectivity index (χ1) is 20.3. The van der Waals surface area contributed by atoms with Crippen molar-refractivity contribution >= 4 is 17.9 Å². The summed E-state index contributed by atoms with van der Waals surface area (Å²) in [6, 6.07) is 20.0. The molecular formula is C35H43N3O5. The molecule has 1 fully saturated rings. The number of amides is 3. The van der Waals surface area contributed by atoms with Crippen LogP contribution in [0.3, 0.4) is 0 Å². The number of phenolic OH excluding ortho intramolecular Hbond substituents is 1. The van der Waals surface area contributed by atoms with E-state index >= 15 is 0 Å². The maximum absolute atomic E-state index is 14.6. The summed E-state index contributed by atoms with van der Waals surface area (Å²) >= 11 is 0. The van der Waals surface area contributed by atoms with Crippen LogP contribution in [0.5, 0.6) is 5.75 Å². The van der Waals surface area contributed by atoms with Gasteiger partial charge in [-0.25, -0.2) is 4.79 Å². The lowest BCUT2D eigenvalue weighted by atomic mass is 9.97. The van der Waals surface area contributed by atoms with Gasteiger partial charge in [-0.3, -0.25) is 9.59 Å². The standard InChI is InChI=1S/C35H43N3O5/c1-22-16-23(2)18-27(17-22)31(32(40)36-21-26-10-8-7-9-11-26)38(30-19-24(30)3)33(41)29(37-34(42)43-35(4,5)6)20-25-12-14-28(39)15-13-25/h7-18,24,29-31,39H,19-21H2,1-6H3,(H,36,40)(H,37,42). The van der Waals surface area contributed by atoms with Crippen LogP contribution in [0.2, 0.25) is 0 Å². The molecular weight excluding hydrogens is 542 g/mol. The second kappa shape index (κ2) is 13.3. The molecule has 4 unspecified atom stereocenters. The third-order valence-corrected chi connectivity index (χ3v) is 7.44. The van der Waals surface area contributed by atoms with Crippen molar-refractivity contribution in [1.29, 1.82) is 0 Å². The van der Waals surface area contributed by atoms with E-state index in [-0.39, 0.29) is 35.9 Å². The highest BCUT2D eigenvalue weighted by Gasteiger charge is 2.48. The Labute approximate surface area is 254 Å². The number of aromatic hydroxyl groups is 1. The number of benzene rings is 3. The molecule has 1 aliphatic carbocycles. The summed E-state index contributed by atoms with van der Waals surface area (Å²) in [6.45, 7) is 11.6. The molecule has 228 valence electrons. The van der Waals surface area contributed by atoms with Crippen molar-refractivity contribution < 1.29 is 24.2 Å². The molecule has 0 radical (unpaired) electrons. The molecule has 4 rings (SSSR count). The first-order valence-corrected chi connectivity index (χ1v) is 14.8. The Bertz CT molecular complexity index is 1410. The van der Waals surface area contributed by atoms with Gasteiger partial charge in [0.1, 0.15) is 23.4 Å². The molecule has 4 atom stereocenters. The lowest BCUT2D eigenvalue weighted by Gasteiger charge is -2.35. The number of ether oxygens (including phenoxy) is 1. The van der Waals surface area contributed by atoms with Gasteiger partial charge in [0.05, 0.1) is 0 Å². The molecule has 1 saturated carbocycles. The molecule has 0 heterocycles. The fourth-order valence-electron chi connectivity index (χ4n) is 5.36. The SMILES string of the molecule is Cc1cc(C)cc(C(C(=O)NCc2ccccc2)N(C(=O)C(Cc2ccc(O)cc2)NC(=O)OC(C)(C)C)C2CC2C)c1. The fraction of sp³-hybridized carbons (Fsp3) is 0.400. The predicted molar refractivity (Wildman–Crippen MR) is 166 cm³/mol. The monoisotopic (exact) mass is 585 g/mol. The highest BCUT2D eigenvalue weighted by Crippen LogP contribution is 2.41. The van der Waals surface area contributed by atoms with E-state index in [9.17, 15) is 19.5 Å². The van der Waals surface area contributed by atoms with E-state index in [2.05, 4.69) is 17.6 Å². The highest BCUT2D eigenvalue weighted by molar-refractivity contribution is 5.93. The number of nitrogens with zero attached hydrogens (tertiary/aromatic N) is 1. The summed E-state index contributed by atoms with van der Waals surface area (Å²) in [6.07, 6.45) is 0.184. The second-order valence-electron chi connectivity index (χ2n) is 12.6. The van der Waals surface area contributed by atoms with Crippen LogP contribution in [-0.4, -0.2) is 45.6 Å². The van der Waals surface area contributed by atoms with Gasteiger partial charge in [0.25, 0.3) is 0 Å². The van der Waals surface area contributed by atoms with Crippen molar-refractivity contribution in [3.05, 3.63) is 101 Å². The number of carbonyl (C=O) groups is 3. The summed E-state index contributed by atoms with van der Waals surface area (Å²) in [5.41, 5.74) is 3.62. The van der Waals surface area contributed by atoms with Gasteiger partial charge in [0, 0.05) is 19.0 Å². The zero-order chi connectivity index (χ0) is 31.3. The van der Waals surface area contributed by atoms with Gasteiger partial charge in [-0.1, -0.05) is 78.7 Å². The van der Waals surface area contributed by atoms with E-state index in [0.29, 0.717) is 6.54 Å². The molecule has 8 nitrogen and oxygen atoms in total. The van der Waals surface area contributed by atoms with Crippen LogP contribution in [0.1, 0.15) is 68.0 Å². The van der Waals surface area contributed by atoms with Crippen molar-refractivity contribution in [2.45, 2.75) is 84.7 Å². The predicted octanol–water partition coefficient (Wildman–Crippen LogP) is 5.74. The number of aryl methyl sites for hydroxylation is 2. The van der Waals surface area contributed by atoms with Crippen LogP contribution in [0.25, 0.3) is 0 Å². The molecule has 43 heavy (non-hydrogen) atoms. The van der Waals surface area contributed by atoms with Gasteiger partial charge in [-0.15, -0.1) is 0 Å². The number of phenols is 1. The van der Waals surface area contributed by atoms with Crippen LogP contribution < -0.4 is 10.6 Å². The maximum Gasteiger partial charge on any atom is 0.408 e. The molecule has 3 aromatic rings. The van der Waals surface area contributed by atoms with E-state index in [0.717, 1.165) is 34.2 Å². The average molecular weight is 586 g/mol. The highest BCUT2D eigenvalue weighted by atomic mass is 16.6. The van der Waals surface area contributed by atoms with Gasteiger partial charge in [-0.2, -0.15) is 0 Å². The summed E-state index contributed by atoms with van der Waals surface area (Å²) < 4.78 is 5.52.